The molecule has 4 heteroatoms. The van der Waals surface area contributed by atoms with Crippen LogP contribution in [-0.2, 0) is 6.54 Å². The van der Waals surface area contributed by atoms with Crippen LogP contribution in [0.3, 0.4) is 0 Å². The summed E-state index contributed by atoms with van der Waals surface area (Å²) in [5.74, 6) is 0.761. The van der Waals surface area contributed by atoms with Gasteiger partial charge in [0.1, 0.15) is 11.4 Å². The second-order valence-electron chi connectivity index (χ2n) is 7.12. The molecule has 1 heterocycles. The molecule has 0 unspecified atom stereocenters. The van der Waals surface area contributed by atoms with Gasteiger partial charge in [-0.3, -0.25) is 4.79 Å². The van der Waals surface area contributed by atoms with Crippen molar-refractivity contribution in [1.82, 2.24) is 4.57 Å². The molecular weight excluding hydrogens is 348 g/mol. The number of rotatable bonds is 9. The Kier molecular flexibility index (Phi) is 6.75. The number of unbranched alkanes of at least 4 members (excludes halogenated alkanes) is 3. The number of nitrogens with one attached hydrogen (secondary N) is 1. The van der Waals surface area contributed by atoms with Gasteiger partial charge in [0.2, 0.25) is 0 Å². The predicted molar refractivity (Wildman–Crippen MR) is 116 cm³/mol. The van der Waals surface area contributed by atoms with Crippen LogP contribution in [0.5, 0.6) is 5.75 Å². The maximum atomic E-state index is 13.0. The number of carbonyl (C=O) groups is 1. The van der Waals surface area contributed by atoms with Crippen LogP contribution < -0.4 is 10.1 Å². The standard InChI is InChI=1S/C24H30N2O2/c1-4-6-7-10-17-28-20-15-13-19(14-16-20)25-24(27)23-18(3)21-11-8-9-12-22(21)26(23)5-2/h8-9,11-16H,4-7,10,17H2,1-3H3,(H,25,27). The molecule has 1 N–H and O–H groups in total. The molecule has 0 aliphatic carbocycles. The summed E-state index contributed by atoms with van der Waals surface area (Å²) in [5, 5.41) is 4.16. The van der Waals surface area contributed by atoms with Crippen molar-refractivity contribution in [1.29, 1.82) is 0 Å². The molecule has 1 amide bonds. The average Bonchev–Trinajstić information content (AvgIpc) is 3.01. The summed E-state index contributed by atoms with van der Waals surface area (Å²) in [5.41, 5.74) is 3.61. The molecule has 0 aliphatic heterocycles. The number of nitrogens with zero attached hydrogens (tertiary/aromatic N) is 1. The highest BCUT2D eigenvalue weighted by Crippen LogP contribution is 2.26. The summed E-state index contributed by atoms with van der Waals surface area (Å²) in [6, 6.07) is 15.8. The van der Waals surface area contributed by atoms with Crippen LogP contribution in [0.2, 0.25) is 0 Å². The first-order valence-corrected chi connectivity index (χ1v) is 10.3. The van der Waals surface area contributed by atoms with E-state index in [1.54, 1.807) is 0 Å². The molecule has 0 saturated carbocycles. The van der Waals surface area contributed by atoms with Gasteiger partial charge >= 0.3 is 0 Å². The molecule has 0 spiro atoms. The van der Waals surface area contributed by atoms with Gasteiger partial charge in [0.25, 0.3) is 5.91 Å². The zero-order valence-corrected chi connectivity index (χ0v) is 17.1. The van der Waals surface area contributed by atoms with Crippen molar-refractivity contribution in [2.24, 2.45) is 0 Å². The van der Waals surface area contributed by atoms with Crippen LogP contribution in [0.15, 0.2) is 48.5 Å². The number of hydrogen-bond acceptors (Lipinski definition) is 2. The Balaban J connectivity index is 1.68. The average molecular weight is 379 g/mol. The molecule has 0 fully saturated rings. The van der Waals surface area contributed by atoms with Gasteiger partial charge in [0.15, 0.2) is 0 Å². The molecule has 28 heavy (non-hydrogen) atoms. The van der Waals surface area contributed by atoms with E-state index in [9.17, 15) is 4.79 Å². The van der Waals surface area contributed by atoms with Crippen molar-refractivity contribution >= 4 is 22.5 Å². The van der Waals surface area contributed by atoms with Gasteiger partial charge in [0.05, 0.1) is 6.61 Å². The number of fused-ring (bicyclic) bond motifs is 1. The lowest BCUT2D eigenvalue weighted by Crippen LogP contribution is -2.17. The minimum absolute atomic E-state index is 0.0798. The Morgan fingerprint density at radius 1 is 1.00 bits per heavy atom. The molecule has 2 aromatic carbocycles. The monoisotopic (exact) mass is 378 g/mol. The fraction of sp³-hybridized carbons (Fsp3) is 0.375. The lowest BCUT2D eigenvalue weighted by molar-refractivity contribution is 0.101. The second kappa shape index (κ2) is 9.45. The summed E-state index contributed by atoms with van der Waals surface area (Å²) >= 11 is 0. The summed E-state index contributed by atoms with van der Waals surface area (Å²) in [4.78, 5) is 13.0. The van der Waals surface area contributed by atoms with Crippen LogP contribution in [0.25, 0.3) is 10.9 Å². The molecule has 0 bridgehead atoms. The van der Waals surface area contributed by atoms with Gasteiger partial charge in [-0.25, -0.2) is 0 Å². The molecule has 4 nitrogen and oxygen atoms in total. The van der Waals surface area contributed by atoms with E-state index in [2.05, 4.69) is 35.9 Å². The third kappa shape index (κ3) is 4.38. The first-order valence-electron chi connectivity index (χ1n) is 10.3. The Morgan fingerprint density at radius 2 is 1.75 bits per heavy atom. The molecule has 0 atom stereocenters. The molecule has 1 aromatic heterocycles. The number of carbonyl (C=O) groups excluding carboxylic acids is 1. The first-order chi connectivity index (χ1) is 13.7. The fourth-order valence-corrected chi connectivity index (χ4v) is 3.64. The number of ether oxygens (including phenoxy) is 1. The van der Waals surface area contributed by atoms with Crippen LogP contribution in [0.4, 0.5) is 5.69 Å². The normalized spacial score (nSPS) is 11.0. The van der Waals surface area contributed by atoms with Crippen molar-refractivity contribution in [3.8, 4) is 5.75 Å². The molecule has 0 radical (unpaired) electrons. The Labute approximate surface area is 167 Å². The van der Waals surface area contributed by atoms with E-state index in [1.807, 2.05) is 43.3 Å². The van der Waals surface area contributed by atoms with Crippen LogP contribution >= 0.6 is 0 Å². The Hall–Kier alpha value is -2.75. The van der Waals surface area contributed by atoms with Gasteiger partial charge in [-0.05, 0) is 56.2 Å². The number of para-hydroxylation sites is 1. The van der Waals surface area contributed by atoms with Gasteiger partial charge in [-0.2, -0.15) is 0 Å². The van der Waals surface area contributed by atoms with Gasteiger partial charge in [-0.15, -0.1) is 0 Å². The smallest absolute Gasteiger partial charge is 0.272 e. The van der Waals surface area contributed by atoms with Crippen molar-refractivity contribution in [2.45, 2.75) is 53.0 Å². The van der Waals surface area contributed by atoms with Gasteiger partial charge in [0, 0.05) is 23.1 Å². The summed E-state index contributed by atoms with van der Waals surface area (Å²) in [6.45, 7) is 7.77. The number of benzene rings is 2. The highest BCUT2D eigenvalue weighted by Gasteiger charge is 2.19. The van der Waals surface area contributed by atoms with E-state index in [1.165, 1.54) is 19.3 Å². The van der Waals surface area contributed by atoms with E-state index in [0.29, 0.717) is 0 Å². The Morgan fingerprint density at radius 3 is 2.46 bits per heavy atom. The number of hydrogen-bond donors (Lipinski definition) is 1. The molecule has 3 aromatic rings. The fourth-order valence-electron chi connectivity index (χ4n) is 3.64. The van der Waals surface area contributed by atoms with Gasteiger partial charge < -0.3 is 14.6 Å². The van der Waals surface area contributed by atoms with Crippen molar-refractivity contribution in [2.75, 3.05) is 11.9 Å². The Bertz CT molecular complexity index is 926. The van der Waals surface area contributed by atoms with Crippen molar-refractivity contribution in [3.05, 3.63) is 59.8 Å². The number of amides is 1. The quantitative estimate of drug-likeness (QED) is 0.452. The summed E-state index contributed by atoms with van der Waals surface area (Å²) < 4.78 is 7.85. The highest BCUT2D eigenvalue weighted by molar-refractivity contribution is 6.08. The van der Waals surface area contributed by atoms with E-state index in [4.69, 9.17) is 4.74 Å². The van der Waals surface area contributed by atoms with Crippen LogP contribution in [0.1, 0.15) is 55.6 Å². The van der Waals surface area contributed by atoms with E-state index < -0.39 is 0 Å². The lowest BCUT2D eigenvalue weighted by Gasteiger charge is -2.11. The van der Waals surface area contributed by atoms with Crippen LogP contribution in [-0.4, -0.2) is 17.1 Å². The number of aryl methyl sites for hydroxylation is 2. The molecule has 0 saturated heterocycles. The minimum atomic E-state index is -0.0798. The van der Waals surface area contributed by atoms with Crippen molar-refractivity contribution < 1.29 is 9.53 Å². The predicted octanol–water partition coefficient (Wildman–Crippen LogP) is 6.18. The molecule has 0 aliphatic rings. The third-order valence-electron chi connectivity index (χ3n) is 5.13. The van der Waals surface area contributed by atoms with E-state index >= 15 is 0 Å². The summed E-state index contributed by atoms with van der Waals surface area (Å²) in [7, 11) is 0. The third-order valence-corrected chi connectivity index (χ3v) is 5.13. The van der Waals surface area contributed by atoms with Crippen molar-refractivity contribution in [3.63, 3.8) is 0 Å². The topological polar surface area (TPSA) is 43.3 Å². The molecule has 3 rings (SSSR count). The summed E-state index contributed by atoms with van der Waals surface area (Å²) in [6.07, 6.45) is 4.76. The largest absolute Gasteiger partial charge is 0.494 e. The SMILES string of the molecule is CCCCCCOc1ccc(NC(=O)c2c(C)c3ccccc3n2CC)cc1. The van der Waals surface area contributed by atoms with Crippen LogP contribution in [0, 0.1) is 6.92 Å². The highest BCUT2D eigenvalue weighted by atomic mass is 16.5. The zero-order chi connectivity index (χ0) is 19.9. The maximum absolute atomic E-state index is 13.0. The van der Waals surface area contributed by atoms with Gasteiger partial charge in [-0.1, -0.05) is 44.4 Å². The number of aromatic nitrogens is 1. The maximum Gasteiger partial charge on any atom is 0.272 e. The molecular formula is C24H30N2O2. The number of anilines is 1. The second-order valence-corrected chi connectivity index (χ2v) is 7.12. The van der Waals surface area contributed by atoms with E-state index in [-0.39, 0.29) is 5.91 Å². The van der Waals surface area contributed by atoms with E-state index in [0.717, 1.165) is 53.2 Å². The zero-order valence-electron chi connectivity index (χ0n) is 17.1. The first kappa shape index (κ1) is 20.0. The molecule has 148 valence electrons. The minimum Gasteiger partial charge on any atom is -0.494 e. The lowest BCUT2D eigenvalue weighted by atomic mass is 10.1.